The highest BCUT2D eigenvalue weighted by molar-refractivity contribution is 7.13. The summed E-state index contributed by atoms with van der Waals surface area (Å²) in [7, 11) is 0. The molecule has 1 nitrogen and oxygen atoms in total. The van der Waals surface area contributed by atoms with E-state index in [1.807, 2.05) is 12.4 Å². The summed E-state index contributed by atoms with van der Waals surface area (Å²) in [6.45, 7) is 4.16. The van der Waals surface area contributed by atoms with Crippen molar-refractivity contribution in [3.05, 3.63) is 41.0 Å². The molecule has 0 bridgehead atoms. The summed E-state index contributed by atoms with van der Waals surface area (Å²) in [6, 6.07) is 8.53. The quantitative estimate of drug-likeness (QED) is 0.669. The van der Waals surface area contributed by atoms with Gasteiger partial charge in [0, 0.05) is 0 Å². The van der Waals surface area contributed by atoms with Crippen LogP contribution >= 0.6 is 11.3 Å². The lowest BCUT2D eigenvalue weighted by Crippen LogP contribution is -1.78. The predicted molar refractivity (Wildman–Crippen MR) is 57.0 cm³/mol. The van der Waals surface area contributed by atoms with Gasteiger partial charge in [0.15, 0.2) is 0 Å². The van der Waals surface area contributed by atoms with E-state index in [0.717, 1.165) is 5.69 Å². The number of aryl methyl sites for hydroxylation is 2. The Morgan fingerprint density at radius 1 is 1.23 bits per heavy atom. The molecule has 1 aromatic heterocycles. The normalized spacial score (nSPS) is 10.3. The average molecular weight is 189 g/mol. The van der Waals surface area contributed by atoms with E-state index in [1.165, 1.54) is 16.0 Å². The maximum atomic E-state index is 4.24. The molecule has 0 amide bonds. The summed E-state index contributed by atoms with van der Waals surface area (Å²) >= 11 is 1.70. The van der Waals surface area contributed by atoms with Gasteiger partial charge in [-0.1, -0.05) is 29.8 Å². The van der Waals surface area contributed by atoms with Gasteiger partial charge < -0.3 is 0 Å². The first-order valence-electron chi connectivity index (χ1n) is 4.24. The minimum atomic E-state index is 1.12. The van der Waals surface area contributed by atoms with Crippen LogP contribution in [0.25, 0.3) is 10.4 Å². The van der Waals surface area contributed by atoms with Crippen molar-refractivity contribution in [2.45, 2.75) is 13.8 Å². The van der Waals surface area contributed by atoms with E-state index < -0.39 is 0 Å². The average Bonchev–Trinajstić information content (AvgIpc) is 2.51. The standard InChI is InChI=1S/C11H11NS/c1-8-4-3-5-10(6-8)11-9(2)12-7-13-11/h3-7H,1-2H3. The number of hydrogen-bond donors (Lipinski definition) is 0. The fourth-order valence-electron chi connectivity index (χ4n) is 1.37. The van der Waals surface area contributed by atoms with Crippen LogP contribution in [-0.2, 0) is 0 Å². The largest absolute Gasteiger partial charge is 0.249 e. The van der Waals surface area contributed by atoms with Crippen molar-refractivity contribution in [3.8, 4) is 10.4 Å². The second-order valence-corrected chi connectivity index (χ2v) is 3.99. The van der Waals surface area contributed by atoms with E-state index in [0.29, 0.717) is 0 Å². The minimum Gasteiger partial charge on any atom is -0.249 e. The summed E-state index contributed by atoms with van der Waals surface area (Å²) in [4.78, 5) is 5.52. The van der Waals surface area contributed by atoms with Crippen molar-refractivity contribution >= 4 is 11.3 Å². The molecule has 0 saturated heterocycles. The maximum absolute atomic E-state index is 4.24. The number of rotatable bonds is 1. The predicted octanol–water partition coefficient (Wildman–Crippen LogP) is 3.43. The van der Waals surface area contributed by atoms with Crippen molar-refractivity contribution in [1.82, 2.24) is 4.98 Å². The molecule has 0 atom stereocenters. The van der Waals surface area contributed by atoms with Crippen LogP contribution in [0.1, 0.15) is 11.3 Å². The lowest BCUT2D eigenvalue weighted by atomic mass is 10.1. The van der Waals surface area contributed by atoms with Gasteiger partial charge >= 0.3 is 0 Å². The third-order valence-electron chi connectivity index (χ3n) is 2.03. The summed E-state index contributed by atoms with van der Waals surface area (Å²) in [6.07, 6.45) is 0. The minimum absolute atomic E-state index is 1.12. The Hall–Kier alpha value is -1.15. The van der Waals surface area contributed by atoms with Crippen LogP contribution in [0.15, 0.2) is 29.8 Å². The molecule has 0 aliphatic rings. The van der Waals surface area contributed by atoms with E-state index in [2.05, 4.69) is 36.2 Å². The zero-order chi connectivity index (χ0) is 9.26. The summed E-state index contributed by atoms with van der Waals surface area (Å²) in [5.74, 6) is 0. The molecule has 0 saturated carbocycles. The second kappa shape index (κ2) is 3.30. The molecule has 0 aliphatic carbocycles. The fourth-order valence-corrected chi connectivity index (χ4v) is 2.17. The fraction of sp³-hybridized carbons (Fsp3) is 0.182. The lowest BCUT2D eigenvalue weighted by molar-refractivity contribution is 1.27. The van der Waals surface area contributed by atoms with Gasteiger partial charge in [0.25, 0.3) is 0 Å². The first-order chi connectivity index (χ1) is 6.27. The molecule has 13 heavy (non-hydrogen) atoms. The first-order valence-corrected chi connectivity index (χ1v) is 5.12. The molecule has 0 N–H and O–H groups in total. The Balaban J connectivity index is 2.53. The monoisotopic (exact) mass is 189 g/mol. The number of thiazole rings is 1. The number of hydrogen-bond acceptors (Lipinski definition) is 2. The third-order valence-corrected chi connectivity index (χ3v) is 3.00. The van der Waals surface area contributed by atoms with E-state index >= 15 is 0 Å². The molecular weight excluding hydrogens is 178 g/mol. The van der Waals surface area contributed by atoms with Crippen LogP contribution < -0.4 is 0 Å². The van der Waals surface area contributed by atoms with E-state index in [9.17, 15) is 0 Å². The molecule has 0 fully saturated rings. The summed E-state index contributed by atoms with van der Waals surface area (Å²) in [5, 5.41) is 0. The first kappa shape index (κ1) is 8.45. The van der Waals surface area contributed by atoms with Crippen molar-refractivity contribution in [2.75, 3.05) is 0 Å². The molecule has 66 valence electrons. The Labute approximate surface area is 82.1 Å². The number of nitrogens with zero attached hydrogens (tertiary/aromatic N) is 1. The zero-order valence-corrected chi connectivity index (χ0v) is 8.56. The molecule has 1 heterocycles. The van der Waals surface area contributed by atoms with Crippen LogP contribution in [0, 0.1) is 13.8 Å². The van der Waals surface area contributed by atoms with Gasteiger partial charge in [-0.25, -0.2) is 4.98 Å². The highest BCUT2D eigenvalue weighted by Crippen LogP contribution is 2.27. The van der Waals surface area contributed by atoms with Gasteiger partial charge in [-0.15, -0.1) is 11.3 Å². The molecule has 2 rings (SSSR count). The molecular formula is C11H11NS. The lowest BCUT2D eigenvalue weighted by Gasteiger charge is -1.99. The third kappa shape index (κ3) is 1.63. The Kier molecular flexibility index (Phi) is 2.15. The van der Waals surface area contributed by atoms with E-state index in [4.69, 9.17) is 0 Å². The van der Waals surface area contributed by atoms with Crippen molar-refractivity contribution in [1.29, 1.82) is 0 Å². The Morgan fingerprint density at radius 2 is 2.08 bits per heavy atom. The summed E-state index contributed by atoms with van der Waals surface area (Å²) < 4.78 is 0. The van der Waals surface area contributed by atoms with Crippen LogP contribution in [-0.4, -0.2) is 4.98 Å². The molecule has 2 aromatic rings. The highest BCUT2D eigenvalue weighted by Gasteiger charge is 2.03. The van der Waals surface area contributed by atoms with Crippen LogP contribution in [0.2, 0.25) is 0 Å². The molecule has 0 aliphatic heterocycles. The molecule has 0 spiro atoms. The molecule has 1 aromatic carbocycles. The SMILES string of the molecule is Cc1cccc(-c2scnc2C)c1. The number of benzene rings is 1. The van der Waals surface area contributed by atoms with Crippen molar-refractivity contribution in [2.24, 2.45) is 0 Å². The van der Waals surface area contributed by atoms with Gasteiger partial charge in [-0.05, 0) is 19.4 Å². The highest BCUT2D eigenvalue weighted by atomic mass is 32.1. The van der Waals surface area contributed by atoms with Gasteiger partial charge in [-0.2, -0.15) is 0 Å². The Morgan fingerprint density at radius 3 is 2.69 bits per heavy atom. The molecule has 0 radical (unpaired) electrons. The van der Waals surface area contributed by atoms with Crippen LogP contribution in [0.4, 0.5) is 0 Å². The van der Waals surface area contributed by atoms with Gasteiger partial charge in [0.1, 0.15) is 0 Å². The van der Waals surface area contributed by atoms with E-state index in [1.54, 1.807) is 11.3 Å². The molecule has 2 heteroatoms. The van der Waals surface area contributed by atoms with Crippen molar-refractivity contribution in [3.63, 3.8) is 0 Å². The van der Waals surface area contributed by atoms with Gasteiger partial charge in [0.2, 0.25) is 0 Å². The molecule has 0 unspecified atom stereocenters. The van der Waals surface area contributed by atoms with Crippen LogP contribution in [0.5, 0.6) is 0 Å². The van der Waals surface area contributed by atoms with Gasteiger partial charge in [-0.3, -0.25) is 0 Å². The smallest absolute Gasteiger partial charge is 0.0801 e. The summed E-state index contributed by atoms with van der Waals surface area (Å²) in [5.41, 5.74) is 5.59. The van der Waals surface area contributed by atoms with Crippen molar-refractivity contribution < 1.29 is 0 Å². The second-order valence-electron chi connectivity index (χ2n) is 3.14. The number of aromatic nitrogens is 1. The van der Waals surface area contributed by atoms with E-state index in [-0.39, 0.29) is 0 Å². The topological polar surface area (TPSA) is 12.9 Å². The maximum Gasteiger partial charge on any atom is 0.0801 e. The Bertz CT molecular complexity index is 418. The van der Waals surface area contributed by atoms with Crippen LogP contribution in [0.3, 0.4) is 0 Å². The van der Waals surface area contributed by atoms with Gasteiger partial charge in [0.05, 0.1) is 16.1 Å². The zero-order valence-electron chi connectivity index (χ0n) is 7.74.